The zero-order valence-electron chi connectivity index (χ0n) is 10.6. The zero-order valence-corrected chi connectivity index (χ0v) is 12.2. The van der Waals surface area contributed by atoms with Gasteiger partial charge in [0.25, 0.3) is 5.56 Å². The van der Waals surface area contributed by atoms with Gasteiger partial charge in [0, 0.05) is 25.9 Å². The SMILES string of the molecule is CCSC[C@@H](C)N(C)c1cnn(C)c(=O)c1Cl. The Labute approximate surface area is 111 Å². The van der Waals surface area contributed by atoms with Gasteiger partial charge >= 0.3 is 0 Å². The monoisotopic (exact) mass is 275 g/mol. The summed E-state index contributed by atoms with van der Waals surface area (Å²) in [5.41, 5.74) is 0.435. The topological polar surface area (TPSA) is 38.1 Å². The molecule has 0 fully saturated rings. The van der Waals surface area contributed by atoms with E-state index in [0.29, 0.717) is 11.7 Å². The van der Waals surface area contributed by atoms with E-state index < -0.39 is 0 Å². The second-order valence-electron chi connectivity index (χ2n) is 3.89. The molecule has 0 aromatic carbocycles. The van der Waals surface area contributed by atoms with Crippen molar-refractivity contribution >= 4 is 29.1 Å². The molecule has 0 amide bonds. The fraction of sp³-hybridized carbons (Fsp3) is 0.636. The Kier molecular flexibility index (Phi) is 5.33. The van der Waals surface area contributed by atoms with Gasteiger partial charge in [-0.15, -0.1) is 0 Å². The molecule has 0 aliphatic heterocycles. The largest absolute Gasteiger partial charge is 0.368 e. The third-order valence-electron chi connectivity index (χ3n) is 2.66. The molecule has 96 valence electrons. The second kappa shape index (κ2) is 6.31. The van der Waals surface area contributed by atoms with Crippen LogP contribution in [0, 0.1) is 0 Å². The van der Waals surface area contributed by atoms with Crippen LogP contribution in [0.15, 0.2) is 11.0 Å². The van der Waals surface area contributed by atoms with Gasteiger partial charge in [0.15, 0.2) is 0 Å². The van der Waals surface area contributed by atoms with Crippen LogP contribution in [0.4, 0.5) is 5.69 Å². The van der Waals surface area contributed by atoms with Crippen molar-refractivity contribution in [3.8, 4) is 0 Å². The highest BCUT2D eigenvalue weighted by atomic mass is 35.5. The predicted molar refractivity (Wildman–Crippen MR) is 75.4 cm³/mol. The minimum absolute atomic E-state index is 0.235. The molecule has 6 heteroatoms. The van der Waals surface area contributed by atoms with Crippen molar-refractivity contribution in [3.05, 3.63) is 21.6 Å². The van der Waals surface area contributed by atoms with Crippen LogP contribution in [-0.2, 0) is 7.05 Å². The Morgan fingerprint density at radius 3 is 2.88 bits per heavy atom. The number of thioether (sulfide) groups is 1. The number of hydrogen-bond acceptors (Lipinski definition) is 4. The summed E-state index contributed by atoms with van der Waals surface area (Å²) >= 11 is 7.91. The number of nitrogens with zero attached hydrogens (tertiary/aromatic N) is 3. The van der Waals surface area contributed by atoms with Crippen molar-refractivity contribution in [2.24, 2.45) is 7.05 Å². The minimum atomic E-state index is -0.258. The van der Waals surface area contributed by atoms with E-state index in [4.69, 9.17) is 11.6 Å². The fourth-order valence-electron chi connectivity index (χ4n) is 1.39. The van der Waals surface area contributed by atoms with Crippen molar-refractivity contribution in [3.63, 3.8) is 0 Å². The van der Waals surface area contributed by atoms with E-state index in [-0.39, 0.29) is 10.6 Å². The van der Waals surface area contributed by atoms with E-state index in [1.54, 1.807) is 13.2 Å². The summed E-state index contributed by atoms with van der Waals surface area (Å²) in [5, 5.41) is 4.23. The first kappa shape index (κ1) is 14.4. The van der Waals surface area contributed by atoms with Crippen LogP contribution in [-0.4, -0.2) is 34.4 Å². The van der Waals surface area contributed by atoms with E-state index in [1.165, 1.54) is 4.68 Å². The third-order valence-corrected chi connectivity index (χ3v) is 4.15. The summed E-state index contributed by atoms with van der Waals surface area (Å²) in [5.74, 6) is 2.08. The maximum Gasteiger partial charge on any atom is 0.287 e. The minimum Gasteiger partial charge on any atom is -0.368 e. The van der Waals surface area contributed by atoms with Crippen LogP contribution in [0.25, 0.3) is 0 Å². The summed E-state index contributed by atoms with van der Waals surface area (Å²) in [6, 6.07) is 0.311. The summed E-state index contributed by atoms with van der Waals surface area (Å²) < 4.78 is 1.24. The molecule has 0 radical (unpaired) electrons. The quantitative estimate of drug-likeness (QED) is 0.824. The van der Waals surface area contributed by atoms with Gasteiger partial charge in [-0.05, 0) is 12.7 Å². The molecule has 17 heavy (non-hydrogen) atoms. The average molecular weight is 276 g/mol. The van der Waals surface area contributed by atoms with Gasteiger partial charge in [-0.2, -0.15) is 16.9 Å². The third kappa shape index (κ3) is 3.39. The Balaban J connectivity index is 2.93. The van der Waals surface area contributed by atoms with Crippen LogP contribution in [0.1, 0.15) is 13.8 Å². The molecule has 0 saturated carbocycles. The van der Waals surface area contributed by atoms with Crippen LogP contribution < -0.4 is 10.5 Å². The average Bonchev–Trinajstić information content (AvgIpc) is 2.32. The number of anilines is 1. The number of rotatable bonds is 5. The van der Waals surface area contributed by atoms with Crippen LogP contribution in [0.3, 0.4) is 0 Å². The van der Waals surface area contributed by atoms with E-state index in [2.05, 4.69) is 18.9 Å². The fourth-order valence-corrected chi connectivity index (χ4v) is 2.49. The predicted octanol–water partition coefficient (Wildman–Crippen LogP) is 2.01. The highest BCUT2D eigenvalue weighted by Crippen LogP contribution is 2.22. The van der Waals surface area contributed by atoms with E-state index in [1.807, 2.05) is 23.7 Å². The number of hydrogen-bond donors (Lipinski definition) is 0. The molecule has 1 atom stereocenters. The Morgan fingerprint density at radius 1 is 1.65 bits per heavy atom. The molecule has 1 heterocycles. The molecule has 4 nitrogen and oxygen atoms in total. The van der Waals surface area contributed by atoms with Gasteiger partial charge < -0.3 is 4.90 Å². The Bertz CT molecular complexity index is 435. The molecule has 1 rings (SSSR count). The van der Waals surface area contributed by atoms with Crippen molar-refractivity contribution in [1.29, 1.82) is 0 Å². The van der Waals surface area contributed by atoms with Gasteiger partial charge in [0.05, 0.1) is 11.9 Å². The maximum absolute atomic E-state index is 11.7. The van der Waals surface area contributed by atoms with Crippen molar-refractivity contribution in [2.45, 2.75) is 19.9 Å². The Morgan fingerprint density at radius 2 is 2.29 bits per heavy atom. The van der Waals surface area contributed by atoms with Crippen LogP contribution in [0.5, 0.6) is 0 Å². The van der Waals surface area contributed by atoms with E-state index in [0.717, 1.165) is 11.5 Å². The highest BCUT2D eigenvalue weighted by Gasteiger charge is 2.16. The molecule has 1 aromatic rings. The molecule has 0 spiro atoms. The Hall–Kier alpha value is -0.680. The molecular formula is C11H18ClN3OS. The number of aryl methyl sites for hydroxylation is 1. The first-order valence-corrected chi connectivity index (χ1v) is 7.04. The summed E-state index contributed by atoms with van der Waals surface area (Å²) in [6.45, 7) is 4.24. The normalized spacial score (nSPS) is 12.5. The summed E-state index contributed by atoms with van der Waals surface area (Å²) in [6.07, 6.45) is 1.64. The molecule has 1 aromatic heterocycles. The van der Waals surface area contributed by atoms with Gasteiger partial charge in [-0.1, -0.05) is 18.5 Å². The van der Waals surface area contributed by atoms with Crippen LogP contribution >= 0.6 is 23.4 Å². The molecule has 0 aliphatic rings. The molecule has 0 N–H and O–H groups in total. The standard InChI is InChI=1S/C11H18ClN3OS/c1-5-17-7-8(2)14(3)9-6-13-15(4)11(16)10(9)12/h6,8H,5,7H2,1-4H3/t8-/m1/s1. The second-order valence-corrected chi connectivity index (χ2v) is 5.59. The smallest absolute Gasteiger partial charge is 0.287 e. The number of aromatic nitrogens is 2. The van der Waals surface area contributed by atoms with Gasteiger partial charge in [0.1, 0.15) is 5.02 Å². The van der Waals surface area contributed by atoms with Crippen molar-refractivity contribution < 1.29 is 0 Å². The maximum atomic E-state index is 11.7. The number of halogens is 1. The molecule has 0 saturated heterocycles. The lowest BCUT2D eigenvalue weighted by molar-refractivity contribution is 0.694. The summed E-state index contributed by atoms with van der Waals surface area (Å²) in [7, 11) is 3.53. The van der Waals surface area contributed by atoms with Crippen molar-refractivity contribution in [1.82, 2.24) is 9.78 Å². The first-order chi connectivity index (χ1) is 7.99. The van der Waals surface area contributed by atoms with Crippen LogP contribution in [0.2, 0.25) is 5.02 Å². The molecule has 0 bridgehead atoms. The van der Waals surface area contributed by atoms with E-state index >= 15 is 0 Å². The first-order valence-electron chi connectivity index (χ1n) is 5.51. The lowest BCUT2D eigenvalue weighted by Crippen LogP contribution is -2.33. The molecular weight excluding hydrogens is 258 g/mol. The molecule has 0 unspecified atom stereocenters. The van der Waals surface area contributed by atoms with Crippen molar-refractivity contribution in [2.75, 3.05) is 23.5 Å². The lowest BCUT2D eigenvalue weighted by Gasteiger charge is -2.27. The lowest BCUT2D eigenvalue weighted by atomic mass is 10.3. The van der Waals surface area contributed by atoms with E-state index in [9.17, 15) is 4.79 Å². The van der Waals surface area contributed by atoms with Gasteiger partial charge in [-0.25, -0.2) is 4.68 Å². The zero-order chi connectivity index (χ0) is 13.0. The van der Waals surface area contributed by atoms with Gasteiger partial charge in [0.2, 0.25) is 0 Å². The highest BCUT2D eigenvalue weighted by molar-refractivity contribution is 7.99. The van der Waals surface area contributed by atoms with Gasteiger partial charge in [-0.3, -0.25) is 4.79 Å². The molecule has 0 aliphatic carbocycles. The summed E-state index contributed by atoms with van der Waals surface area (Å²) in [4.78, 5) is 13.7.